The van der Waals surface area contributed by atoms with Gasteiger partial charge in [0.2, 0.25) is 0 Å². The first-order valence-electron chi connectivity index (χ1n) is 6.88. The molecule has 0 aromatic rings. The molecule has 6 heteroatoms. The predicted octanol–water partition coefficient (Wildman–Crippen LogP) is 1.04. The SMILES string of the molecule is CC(C)N(CCCO)C(=O)NC1CCCC1C(=O)O. The lowest BCUT2D eigenvalue weighted by atomic mass is 10.0. The smallest absolute Gasteiger partial charge is 0.317 e. The summed E-state index contributed by atoms with van der Waals surface area (Å²) in [5, 5.41) is 20.8. The summed E-state index contributed by atoms with van der Waals surface area (Å²) in [6.07, 6.45) is 2.70. The maximum absolute atomic E-state index is 12.2. The molecule has 0 radical (unpaired) electrons. The molecule has 0 saturated heterocycles. The molecule has 19 heavy (non-hydrogen) atoms. The standard InChI is InChI=1S/C13H24N2O4/c1-9(2)15(7-4-8-16)13(19)14-11-6-3-5-10(11)12(17)18/h9-11,16H,3-8H2,1-2H3,(H,14,19)(H,17,18). The first kappa shape index (κ1) is 15.8. The third kappa shape index (κ3) is 4.38. The summed E-state index contributed by atoms with van der Waals surface area (Å²) in [4.78, 5) is 24.9. The van der Waals surface area contributed by atoms with Gasteiger partial charge in [0.1, 0.15) is 0 Å². The number of urea groups is 1. The number of aliphatic hydroxyl groups excluding tert-OH is 1. The number of aliphatic hydroxyl groups is 1. The summed E-state index contributed by atoms with van der Waals surface area (Å²) in [6.45, 7) is 4.32. The van der Waals surface area contributed by atoms with Gasteiger partial charge in [-0.2, -0.15) is 0 Å². The number of nitrogens with zero attached hydrogens (tertiary/aromatic N) is 1. The van der Waals surface area contributed by atoms with E-state index in [1.165, 1.54) is 0 Å². The Bertz CT molecular complexity index is 320. The molecule has 0 heterocycles. The fraction of sp³-hybridized carbons (Fsp3) is 0.846. The van der Waals surface area contributed by atoms with Crippen molar-refractivity contribution in [1.82, 2.24) is 10.2 Å². The van der Waals surface area contributed by atoms with Crippen molar-refractivity contribution in [1.29, 1.82) is 0 Å². The molecule has 6 nitrogen and oxygen atoms in total. The zero-order chi connectivity index (χ0) is 14.4. The van der Waals surface area contributed by atoms with Crippen molar-refractivity contribution in [2.24, 2.45) is 5.92 Å². The van der Waals surface area contributed by atoms with E-state index in [1.807, 2.05) is 13.8 Å². The molecule has 0 aliphatic heterocycles. The summed E-state index contributed by atoms with van der Waals surface area (Å²) < 4.78 is 0. The Labute approximate surface area is 113 Å². The Balaban J connectivity index is 2.58. The van der Waals surface area contributed by atoms with E-state index in [2.05, 4.69) is 5.32 Å². The summed E-state index contributed by atoms with van der Waals surface area (Å²) in [5.41, 5.74) is 0. The third-order valence-electron chi connectivity index (χ3n) is 3.58. The second-order valence-corrected chi connectivity index (χ2v) is 5.30. The minimum absolute atomic E-state index is 0.0243. The molecule has 0 aromatic carbocycles. The molecule has 2 amide bonds. The van der Waals surface area contributed by atoms with E-state index in [0.29, 0.717) is 25.8 Å². The second-order valence-electron chi connectivity index (χ2n) is 5.30. The highest BCUT2D eigenvalue weighted by Crippen LogP contribution is 2.26. The minimum Gasteiger partial charge on any atom is -0.481 e. The van der Waals surface area contributed by atoms with Crippen LogP contribution in [0.15, 0.2) is 0 Å². The van der Waals surface area contributed by atoms with Gasteiger partial charge in [-0.1, -0.05) is 6.42 Å². The summed E-state index contributed by atoms with van der Waals surface area (Å²) in [7, 11) is 0. The van der Waals surface area contributed by atoms with Gasteiger partial charge >= 0.3 is 12.0 Å². The van der Waals surface area contributed by atoms with Crippen molar-refractivity contribution in [3.05, 3.63) is 0 Å². The fourth-order valence-electron chi connectivity index (χ4n) is 2.51. The summed E-state index contributed by atoms with van der Waals surface area (Å²) in [5.74, 6) is -1.31. The van der Waals surface area contributed by atoms with Crippen molar-refractivity contribution in [3.63, 3.8) is 0 Å². The van der Waals surface area contributed by atoms with Gasteiger partial charge in [-0.3, -0.25) is 4.79 Å². The lowest BCUT2D eigenvalue weighted by molar-refractivity contribution is -0.142. The molecule has 3 N–H and O–H groups in total. The average Bonchev–Trinajstić information content (AvgIpc) is 2.77. The van der Waals surface area contributed by atoms with Crippen LogP contribution < -0.4 is 5.32 Å². The number of carboxylic acids is 1. The number of hydrogen-bond acceptors (Lipinski definition) is 3. The van der Waals surface area contributed by atoms with Crippen molar-refractivity contribution >= 4 is 12.0 Å². The van der Waals surface area contributed by atoms with E-state index in [0.717, 1.165) is 6.42 Å². The topological polar surface area (TPSA) is 89.9 Å². The number of aliphatic carboxylic acids is 1. The van der Waals surface area contributed by atoms with Crippen molar-refractivity contribution in [3.8, 4) is 0 Å². The number of carbonyl (C=O) groups is 2. The van der Waals surface area contributed by atoms with E-state index >= 15 is 0 Å². The van der Waals surface area contributed by atoms with Crippen LogP contribution in [0.1, 0.15) is 39.5 Å². The Morgan fingerprint density at radius 3 is 2.58 bits per heavy atom. The molecular formula is C13H24N2O4. The lowest BCUT2D eigenvalue weighted by Gasteiger charge is -2.29. The third-order valence-corrected chi connectivity index (χ3v) is 3.58. The fourth-order valence-corrected chi connectivity index (χ4v) is 2.51. The van der Waals surface area contributed by atoms with Crippen LogP contribution in [-0.2, 0) is 4.79 Å². The molecule has 1 rings (SSSR count). The van der Waals surface area contributed by atoms with Gasteiger partial charge in [0, 0.05) is 25.2 Å². The zero-order valence-electron chi connectivity index (χ0n) is 11.6. The number of rotatable bonds is 6. The maximum Gasteiger partial charge on any atom is 0.317 e. The average molecular weight is 272 g/mol. The van der Waals surface area contributed by atoms with E-state index in [-0.39, 0.29) is 24.7 Å². The van der Waals surface area contributed by atoms with Crippen LogP contribution in [0, 0.1) is 5.92 Å². The number of carbonyl (C=O) groups excluding carboxylic acids is 1. The largest absolute Gasteiger partial charge is 0.481 e. The minimum atomic E-state index is -0.839. The van der Waals surface area contributed by atoms with Crippen molar-refractivity contribution < 1.29 is 19.8 Å². The Kier molecular flexibility index (Phi) is 6.08. The van der Waals surface area contributed by atoms with Crippen molar-refractivity contribution in [2.75, 3.05) is 13.2 Å². The summed E-state index contributed by atoms with van der Waals surface area (Å²) in [6, 6.07) is -0.488. The number of amides is 2. The van der Waals surface area contributed by atoms with Gasteiger partial charge in [-0.15, -0.1) is 0 Å². The molecule has 2 atom stereocenters. The van der Waals surface area contributed by atoms with Gasteiger partial charge in [-0.25, -0.2) is 4.79 Å². The molecule has 1 fully saturated rings. The maximum atomic E-state index is 12.2. The Hall–Kier alpha value is -1.30. The second kappa shape index (κ2) is 7.33. The molecule has 110 valence electrons. The van der Waals surface area contributed by atoms with Crippen LogP contribution in [0.2, 0.25) is 0 Å². The number of nitrogens with one attached hydrogen (secondary N) is 1. The first-order valence-corrected chi connectivity index (χ1v) is 6.88. The zero-order valence-corrected chi connectivity index (χ0v) is 11.6. The normalized spacial score (nSPS) is 22.5. The van der Waals surface area contributed by atoms with Gasteiger partial charge < -0.3 is 20.4 Å². The lowest BCUT2D eigenvalue weighted by Crippen LogP contribution is -2.50. The number of carboxylic acid groups (broad SMARTS) is 1. The van der Waals surface area contributed by atoms with E-state index in [9.17, 15) is 9.59 Å². The summed E-state index contributed by atoms with van der Waals surface area (Å²) >= 11 is 0. The molecule has 0 aromatic heterocycles. The van der Waals surface area contributed by atoms with Gasteiger partial charge in [0.15, 0.2) is 0 Å². The Morgan fingerprint density at radius 1 is 1.37 bits per heavy atom. The highest BCUT2D eigenvalue weighted by atomic mass is 16.4. The predicted molar refractivity (Wildman–Crippen MR) is 70.8 cm³/mol. The van der Waals surface area contributed by atoms with Gasteiger partial charge in [0.25, 0.3) is 0 Å². The Morgan fingerprint density at radius 2 is 2.05 bits per heavy atom. The molecule has 0 bridgehead atoms. The molecule has 0 spiro atoms. The van der Waals surface area contributed by atoms with E-state index < -0.39 is 11.9 Å². The molecular weight excluding hydrogens is 248 g/mol. The van der Waals surface area contributed by atoms with Gasteiger partial charge in [-0.05, 0) is 33.1 Å². The highest BCUT2D eigenvalue weighted by Gasteiger charge is 2.34. The van der Waals surface area contributed by atoms with Crippen LogP contribution in [0.3, 0.4) is 0 Å². The van der Waals surface area contributed by atoms with Crippen LogP contribution in [0.5, 0.6) is 0 Å². The molecule has 1 aliphatic carbocycles. The quantitative estimate of drug-likeness (QED) is 0.674. The highest BCUT2D eigenvalue weighted by molar-refractivity contribution is 5.77. The van der Waals surface area contributed by atoms with Crippen LogP contribution >= 0.6 is 0 Å². The molecule has 1 aliphatic rings. The van der Waals surface area contributed by atoms with Crippen LogP contribution in [-0.4, -0.2) is 52.3 Å². The van der Waals surface area contributed by atoms with E-state index in [4.69, 9.17) is 10.2 Å². The van der Waals surface area contributed by atoms with Crippen LogP contribution in [0.25, 0.3) is 0 Å². The van der Waals surface area contributed by atoms with E-state index in [1.54, 1.807) is 4.90 Å². The van der Waals surface area contributed by atoms with Crippen LogP contribution in [0.4, 0.5) is 4.79 Å². The molecule has 1 saturated carbocycles. The van der Waals surface area contributed by atoms with Gasteiger partial charge in [0.05, 0.1) is 5.92 Å². The van der Waals surface area contributed by atoms with Crippen molar-refractivity contribution in [2.45, 2.75) is 51.6 Å². The number of hydrogen-bond donors (Lipinski definition) is 3. The monoisotopic (exact) mass is 272 g/mol. The first-order chi connectivity index (χ1) is 8.97. The molecule has 2 unspecified atom stereocenters.